The number of fused-ring (bicyclic) bond motifs is 3. The zero-order valence-corrected chi connectivity index (χ0v) is 12.2. The van der Waals surface area contributed by atoms with E-state index in [0.29, 0.717) is 6.79 Å². The minimum Gasteiger partial charge on any atom is -0.454 e. The van der Waals surface area contributed by atoms with E-state index in [4.69, 9.17) is 9.47 Å². The highest BCUT2D eigenvalue weighted by Crippen LogP contribution is 2.41. The first kappa shape index (κ1) is 12.5. The van der Waals surface area contributed by atoms with E-state index in [9.17, 15) is 0 Å². The van der Waals surface area contributed by atoms with Crippen molar-refractivity contribution in [2.45, 2.75) is 26.2 Å². The monoisotopic (exact) mass is 273 g/mol. The average molecular weight is 273 g/mol. The molecule has 2 bridgehead atoms. The number of hydrogen-bond acceptors (Lipinski definition) is 3. The summed E-state index contributed by atoms with van der Waals surface area (Å²) < 4.78 is 10.8. The van der Waals surface area contributed by atoms with Gasteiger partial charge < -0.3 is 14.4 Å². The van der Waals surface area contributed by atoms with Crippen LogP contribution in [-0.4, -0.2) is 31.3 Å². The van der Waals surface area contributed by atoms with Gasteiger partial charge in [0.1, 0.15) is 0 Å². The third-order valence-corrected chi connectivity index (χ3v) is 5.53. The van der Waals surface area contributed by atoms with Gasteiger partial charge in [-0.2, -0.15) is 0 Å². The Hall–Kier alpha value is -1.22. The Morgan fingerprint density at radius 2 is 1.85 bits per heavy atom. The van der Waals surface area contributed by atoms with Gasteiger partial charge in [-0.15, -0.1) is 0 Å². The fourth-order valence-electron chi connectivity index (χ4n) is 4.16. The molecule has 1 saturated heterocycles. The quantitative estimate of drug-likeness (QED) is 0.845. The van der Waals surface area contributed by atoms with Crippen LogP contribution in [0.1, 0.15) is 25.3 Å². The number of piperidine rings is 1. The van der Waals surface area contributed by atoms with Crippen molar-refractivity contribution in [2.24, 2.45) is 17.8 Å². The molecule has 0 radical (unpaired) electrons. The van der Waals surface area contributed by atoms with Gasteiger partial charge in [-0.1, -0.05) is 13.0 Å². The van der Waals surface area contributed by atoms with Crippen LogP contribution in [-0.2, 0) is 6.42 Å². The fraction of sp³-hybridized carbons (Fsp3) is 0.647. The van der Waals surface area contributed by atoms with Gasteiger partial charge in [0.2, 0.25) is 6.79 Å². The van der Waals surface area contributed by atoms with Crippen molar-refractivity contribution in [3.05, 3.63) is 23.8 Å². The predicted molar refractivity (Wildman–Crippen MR) is 78.1 cm³/mol. The molecular weight excluding hydrogens is 250 g/mol. The van der Waals surface area contributed by atoms with Crippen molar-refractivity contribution in [3.8, 4) is 11.5 Å². The Morgan fingerprint density at radius 3 is 2.65 bits per heavy atom. The maximum absolute atomic E-state index is 5.45. The molecule has 2 fully saturated rings. The van der Waals surface area contributed by atoms with Crippen molar-refractivity contribution < 1.29 is 9.47 Å². The number of nitrogens with zero attached hydrogens (tertiary/aromatic N) is 1. The summed E-state index contributed by atoms with van der Waals surface area (Å²) in [7, 11) is 0. The number of hydrogen-bond donors (Lipinski definition) is 0. The number of likely N-dealkylation sites (tertiary alicyclic amines) is 1. The minimum absolute atomic E-state index is 0.367. The molecule has 0 aromatic heterocycles. The van der Waals surface area contributed by atoms with E-state index in [2.05, 4.69) is 24.0 Å². The highest BCUT2D eigenvalue weighted by molar-refractivity contribution is 5.44. The molecule has 1 aliphatic carbocycles. The lowest BCUT2D eigenvalue weighted by atomic mass is 9.87. The molecular formula is C17H23NO2. The van der Waals surface area contributed by atoms with Gasteiger partial charge in [0, 0.05) is 19.6 Å². The second kappa shape index (κ2) is 4.96. The molecule has 108 valence electrons. The van der Waals surface area contributed by atoms with Crippen LogP contribution in [0.15, 0.2) is 18.2 Å². The number of benzene rings is 1. The molecule has 0 N–H and O–H groups in total. The second-order valence-corrected chi connectivity index (χ2v) is 6.65. The number of ether oxygens (including phenoxy) is 2. The molecule has 2 heterocycles. The van der Waals surface area contributed by atoms with E-state index in [-0.39, 0.29) is 0 Å². The standard InChI is InChI=1S/C17H23NO2/c1-12-14-3-4-15(12)10-18(9-14)7-6-13-2-5-16-17(8-13)20-11-19-16/h2,5,8,12,14-15H,3-4,6-7,9-11H2,1H3. The summed E-state index contributed by atoms with van der Waals surface area (Å²) in [5.41, 5.74) is 1.36. The Kier molecular flexibility index (Phi) is 3.10. The Morgan fingerprint density at radius 1 is 1.10 bits per heavy atom. The predicted octanol–water partition coefficient (Wildman–Crippen LogP) is 2.94. The molecule has 20 heavy (non-hydrogen) atoms. The van der Waals surface area contributed by atoms with Crippen LogP contribution in [0.25, 0.3) is 0 Å². The average Bonchev–Trinajstić information content (AvgIpc) is 2.98. The normalized spacial score (nSPS) is 31.8. The summed E-state index contributed by atoms with van der Waals surface area (Å²) in [6, 6.07) is 6.36. The molecule has 2 atom stereocenters. The molecule has 0 spiro atoms. The smallest absolute Gasteiger partial charge is 0.231 e. The summed E-state index contributed by atoms with van der Waals surface area (Å²) in [6.07, 6.45) is 4.02. The van der Waals surface area contributed by atoms with E-state index in [0.717, 1.165) is 35.7 Å². The lowest BCUT2D eigenvalue weighted by Gasteiger charge is -2.36. The molecule has 1 saturated carbocycles. The highest BCUT2D eigenvalue weighted by Gasteiger charge is 2.38. The molecule has 2 aliphatic heterocycles. The third-order valence-electron chi connectivity index (χ3n) is 5.53. The van der Waals surface area contributed by atoms with E-state index >= 15 is 0 Å². The Balaban J connectivity index is 1.37. The van der Waals surface area contributed by atoms with Crippen molar-refractivity contribution >= 4 is 0 Å². The van der Waals surface area contributed by atoms with Crippen LogP contribution in [0.4, 0.5) is 0 Å². The van der Waals surface area contributed by atoms with Crippen molar-refractivity contribution in [1.82, 2.24) is 4.90 Å². The molecule has 3 nitrogen and oxygen atoms in total. The molecule has 1 aromatic carbocycles. The maximum Gasteiger partial charge on any atom is 0.231 e. The van der Waals surface area contributed by atoms with Gasteiger partial charge in [0.15, 0.2) is 11.5 Å². The zero-order valence-electron chi connectivity index (χ0n) is 12.2. The van der Waals surface area contributed by atoms with Crippen LogP contribution in [0.3, 0.4) is 0 Å². The fourth-order valence-corrected chi connectivity index (χ4v) is 4.16. The van der Waals surface area contributed by atoms with Gasteiger partial charge in [0.25, 0.3) is 0 Å². The van der Waals surface area contributed by atoms with Gasteiger partial charge in [-0.05, 0) is 54.7 Å². The summed E-state index contributed by atoms with van der Waals surface area (Å²) in [5, 5.41) is 0. The molecule has 3 aliphatic rings. The molecule has 4 rings (SSSR count). The summed E-state index contributed by atoms with van der Waals surface area (Å²) in [6.45, 7) is 6.62. The Bertz CT molecular complexity index is 488. The van der Waals surface area contributed by atoms with Crippen LogP contribution in [0.5, 0.6) is 11.5 Å². The van der Waals surface area contributed by atoms with Gasteiger partial charge in [-0.25, -0.2) is 0 Å². The van der Waals surface area contributed by atoms with Gasteiger partial charge in [0.05, 0.1) is 0 Å². The van der Waals surface area contributed by atoms with E-state index < -0.39 is 0 Å². The van der Waals surface area contributed by atoms with Gasteiger partial charge >= 0.3 is 0 Å². The first-order valence-electron chi connectivity index (χ1n) is 7.90. The SMILES string of the molecule is CC1C2CCC1CN(CCc1ccc3c(c1)OCO3)C2. The van der Waals surface area contributed by atoms with Crippen LogP contribution >= 0.6 is 0 Å². The summed E-state index contributed by atoms with van der Waals surface area (Å²) in [5.74, 6) is 4.65. The Labute approximate surface area is 120 Å². The summed E-state index contributed by atoms with van der Waals surface area (Å²) >= 11 is 0. The first-order valence-corrected chi connectivity index (χ1v) is 7.90. The molecule has 0 amide bonds. The van der Waals surface area contributed by atoms with E-state index in [1.54, 1.807) is 0 Å². The zero-order chi connectivity index (χ0) is 13.5. The maximum atomic E-state index is 5.45. The highest BCUT2D eigenvalue weighted by atomic mass is 16.7. The first-order chi connectivity index (χ1) is 9.79. The van der Waals surface area contributed by atoms with Crippen LogP contribution in [0.2, 0.25) is 0 Å². The van der Waals surface area contributed by atoms with E-state index in [1.807, 2.05) is 6.07 Å². The van der Waals surface area contributed by atoms with E-state index in [1.165, 1.54) is 38.0 Å². The largest absolute Gasteiger partial charge is 0.454 e. The van der Waals surface area contributed by atoms with Crippen LogP contribution < -0.4 is 9.47 Å². The van der Waals surface area contributed by atoms with Crippen molar-refractivity contribution in [2.75, 3.05) is 26.4 Å². The molecule has 3 heteroatoms. The minimum atomic E-state index is 0.367. The summed E-state index contributed by atoms with van der Waals surface area (Å²) in [4.78, 5) is 2.67. The third kappa shape index (κ3) is 2.18. The van der Waals surface area contributed by atoms with Crippen molar-refractivity contribution in [1.29, 1.82) is 0 Å². The molecule has 1 aromatic rings. The lowest BCUT2D eigenvalue weighted by Crippen LogP contribution is -2.41. The van der Waals surface area contributed by atoms with Crippen molar-refractivity contribution in [3.63, 3.8) is 0 Å². The molecule has 2 unspecified atom stereocenters. The number of rotatable bonds is 3. The lowest BCUT2D eigenvalue weighted by molar-refractivity contribution is 0.120. The second-order valence-electron chi connectivity index (χ2n) is 6.65. The topological polar surface area (TPSA) is 21.7 Å². The van der Waals surface area contributed by atoms with Crippen LogP contribution in [0, 0.1) is 17.8 Å². The van der Waals surface area contributed by atoms with Gasteiger partial charge in [-0.3, -0.25) is 0 Å².